The summed E-state index contributed by atoms with van der Waals surface area (Å²) in [4.78, 5) is 2.35. The van der Waals surface area contributed by atoms with Gasteiger partial charge in [0.2, 0.25) is 0 Å². The molecule has 104 valence electrons. The molecule has 1 heterocycles. The summed E-state index contributed by atoms with van der Waals surface area (Å²) in [5, 5.41) is 4.25. The van der Waals surface area contributed by atoms with Crippen LogP contribution in [0.1, 0.15) is 45.6 Å². The molecule has 19 heavy (non-hydrogen) atoms. The predicted octanol–water partition coefficient (Wildman–Crippen LogP) is 4.21. The summed E-state index contributed by atoms with van der Waals surface area (Å²) in [6, 6.07) is 9.63. The molecule has 0 aromatic heterocycles. The van der Waals surface area contributed by atoms with Crippen LogP contribution in [0.25, 0.3) is 0 Å². The second kappa shape index (κ2) is 6.38. The van der Waals surface area contributed by atoms with Crippen molar-refractivity contribution in [2.45, 2.75) is 58.5 Å². The van der Waals surface area contributed by atoms with Crippen LogP contribution in [0.15, 0.2) is 24.3 Å². The van der Waals surface area contributed by atoms with Crippen LogP contribution in [0.5, 0.6) is 0 Å². The molecule has 1 saturated heterocycles. The van der Waals surface area contributed by atoms with Gasteiger partial charge in [-0.1, -0.05) is 19.1 Å². The van der Waals surface area contributed by atoms with Gasteiger partial charge in [0.1, 0.15) is 0 Å². The number of benzene rings is 1. The summed E-state index contributed by atoms with van der Waals surface area (Å²) < 4.78 is 0. The minimum Gasteiger partial charge on any atom is -0.344 e. The number of nitrogens with zero attached hydrogens (tertiary/aromatic N) is 1. The van der Waals surface area contributed by atoms with Crippen LogP contribution < -0.4 is 5.32 Å². The lowest BCUT2D eigenvalue weighted by Gasteiger charge is -2.40. The van der Waals surface area contributed by atoms with E-state index in [2.05, 4.69) is 55.3 Å². The predicted molar refractivity (Wildman–Crippen MR) is 86.7 cm³/mol. The monoisotopic (exact) mass is 276 g/mol. The lowest BCUT2D eigenvalue weighted by molar-refractivity contribution is 0.194. The number of hydrogen-bond donors (Lipinski definition) is 1. The van der Waals surface area contributed by atoms with Crippen molar-refractivity contribution in [2.75, 3.05) is 5.32 Å². The Morgan fingerprint density at radius 1 is 1.21 bits per heavy atom. The van der Waals surface area contributed by atoms with E-state index in [-0.39, 0.29) is 0 Å². The van der Waals surface area contributed by atoms with Crippen molar-refractivity contribution < 1.29 is 0 Å². The zero-order chi connectivity index (χ0) is 13.8. The molecule has 0 saturated carbocycles. The molecule has 2 rings (SSSR count). The third-order valence-electron chi connectivity index (χ3n) is 4.04. The maximum Gasteiger partial charge on any atom is 0.173 e. The van der Waals surface area contributed by atoms with E-state index in [1.165, 1.54) is 24.8 Å². The van der Waals surface area contributed by atoms with Gasteiger partial charge in [0, 0.05) is 17.8 Å². The third kappa shape index (κ3) is 3.47. The van der Waals surface area contributed by atoms with Gasteiger partial charge >= 0.3 is 0 Å². The van der Waals surface area contributed by atoms with Crippen LogP contribution in [0.2, 0.25) is 0 Å². The van der Waals surface area contributed by atoms with Crippen molar-refractivity contribution in [1.29, 1.82) is 0 Å². The van der Waals surface area contributed by atoms with Crippen molar-refractivity contribution in [3.8, 4) is 0 Å². The fraction of sp³-hybridized carbons (Fsp3) is 0.562. The van der Waals surface area contributed by atoms with Gasteiger partial charge in [-0.25, -0.2) is 0 Å². The topological polar surface area (TPSA) is 15.3 Å². The number of hydrogen-bond acceptors (Lipinski definition) is 1. The fourth-order valence-electron chi connectivity index (χ4n) is 2.83. The van der Waals surface area contributed by atoms with Gasteiger partial charge in [0.25, 0.3) is 0 Å². The molecule has 0 bridgehead atoms. The molecule has 2 nitrogen and oxygen atoms in total. The highest BCUT2D eigenvalue weighted by Gasteiger charge is 2.26. The number of rotatable bonds is 2. The first-order chi connectivity index (χ1) is 9.11. The zero-order valence-corrected chi connectivity index (χ0v) is 13.0. The second-order valence-corrected chi connectivity index (χ2v) is 5.90. The van der Waals surface area contributed by atoms with Crippen LogP contribution in [-0.4, -0.2) is 22.1 Å². The average molecular weight is 276 g/mol. The Balaban J connectivity index is 2.02. The Kier molecular flexibility index (Phi) is 4.81. The van der Waals surface area contributed by atoms with Crippen molar-refractivity contribution in [2.24, 2.45) is 0 Å². The lowest BCUT2D eigenvalue weighted by Crippen LogP contribution is -2.49. The van der Waals surface area contributed by atoms with Crippen LogP contribution in [0.4, 0.5) is 5.69 Å². The van der Waals surface area contributed by atoms with Crippen molar-refractivity contribution in [3.63, 3.8) is 0 Å². The van der Waals surface area contributed by atoms with E-state index in [0.29, 0.717) is 12.1 Å². The van der Waals surface area contributed by atoms with Gasteiger partial charge in [0.05, 0.1) is 0 Å². The van der Waals surface area contributed by atoms with E-state index in [4.69, 9.17) is 12.2 Å². The average Bonchev–Trinajstić information content (AvgIpc) is 2.39. The van der Waals surface area contributed by atoms with E-state index in [0.717, 1.165) is 17.2 Å². The molecule has 1 aromatic rings. The number of anilines is 1. The van der Waals surface area contributed by atoms with E-state index >= 15 is 0 Å². The van der Waals surface area contributed by atoms with Gasteiger partial charge in [-0.2, -0.15) is 0 Å². The number of aryl methyl sites for hydroxylation is 1. The largest absolute Gasteiger partial charge is 0.344 e. The number of piperidine rings is 1. The Labute approximate surface area is 122 Å². The maximum absolute atomic E-state index is 5.59. The van der Waals surface area contributed by atoms with E-state index in [9.17, 15) is 0 Å². The van der Waals surface area contributed by atoms with E-state index in [1.807, 2.05) is 0 Å². The fourth-order valence-corrected chi connectivity index (χ4v) is 3.31. The molecule has 1 aliphatic heterocycles. The molecular formula is C16H24N2S. The van der Waals surface area contributed by atoms with Crippen molar-refractivity contribution in [3.05, 3.63) is 29.8 Å². The molecule has 0 amide bonds. The number of thiocarbonyl (C=S) groups is 1. The van der Waals surface area contributed by atoms with Crippen molar-refractivity contribution >= 4 is 23.0 Å². The van der Waals surface area contributed by atoms with Gasteiger partial charge in [0.15, 0.2) is 5.11 Å². The quantitative estimate of drug-likeness (QED) is 0.815. The highest BCUT2D eigenvalue weighted by molar-refractivity contribution is 7.80. The summed E-state index contributed by atoms with van der Waals surface area (Å²) >= 11 is 5.59. The minimum atomic E-state index is 0.540. The molecule has 2 atom stereocenters. The van der Waals surface area contributed by atoms with Gasteiger partial charge in [-0.15, -0.1) is 0 Å². The first-order valence-corrected chi connectivity index (χ1v) is 7.71. The van der Waals surface area contributed by atoms with E-state index in [1.54, 1.807) is 0 Å². The minimum absolute atomic E-state index is 0.540. The normalized spacial score (nSPS) is 23.2. The standard InChI is InChI=1S/C16H24N2S/c1-4-14-8-10-15(11-9-14)17-16(19)18-12(2)6-5-7-13(18)3/h8-13H,4-7H2,1-3H3,(H,17,19). The third-order valence-corrected chi connectivity index (χ3v) is 4.35. The Bertz CT molecular complexity index is 417. The maximum atomic E-state index is 5.59. The summed E-state index contributed by atoms with van der Waals surface area (Å²) in [6.45, 7) is 6.71. The molecule has 1 aromatic carbocycles. The first kappa shape index (κ1) is 14.3. The van der Waals surface area contributed by atoms with E-state index < -0.39 is 0 Å². The van der Waals surface area contributed by atoms with Gasteiger partial charge in [-0.3, -0.25) is 0 Å². The highest BCUT2D eigenvalue weighted by Crippen LogP contribution is 2.23. The summed E-state index contributed by atoms with van der Waals surface area (Å²) in [6.07, 6.45) is 4.86. The molecular weight excluding hydrogens is 252 g/mol. The van der Waals surface area contributed by atoms with Gasteiger partial charge in [-0.05, 0) is 69.4 Å². The Morgan fingerprint density at radius 3 is 2.32 bits per heavy atom. The summed E-state index contributed by atoms with van der Waals surface area (Å²) in [5.74, 6) is 0. The molecule has 1 fully saturated rings. The molecule has 0 aliphatic carbocycles. The number of nitrogens with one attached hydrogen (secondary N) is 1. The van der Waals surface area contributed by atoms with Crippen molar-refractivity contribution in [1.82, 2.24) is 4.90 Å². The molecule has 0 spiro atoms. The van der Waals surface area contributed by atoms with Gasteiger partial charge < -0.3 is 10.2 Å². The Morgan fingerprint density at radius 2 is 1.79 bits per heavy atom. The first-order valence-electron chi connectivity index (χ1n) is 7.30. The summed E-state index contributed by atoms with van der Waals surface area (Å²) in [5.41, 5.74) is 2.45. The smallest absolute Gasteiger partial charge is 0.173 e. The molecule has 1 N–H and O–H groups in total. The highest BCUT2D eigenvalue weighted by atomic mass is 32.1. The zero-order valence-electron chi connectivity index (χ0n) is 12.1. The molecule has 0 radical (unpaired) electrons. The number of likely N-dealkylation sites (tertiary alicyclic amines) is 1. The molecule has 2 unspecified atom stereocenters. The SMILES string of the molecule is CCc1ccc(NC(=S)N2C(C)CCCC2C)cc1. The molecule has 3 heteroatoms. The lowest BCUT2D eigenvalue weighted by atomic mass is 9.98. The Hall–Kier alpha value is -1.09. The summed E-state index contributed by atoms with van der Waals surface area (Å²) in [7, 11) is 0. The van der Waals surface area contributed by atoms with Crippen LogP contribution in [0, 0.1) is 0 Å². The second-order valence-electron chi connectivity index (χ2n) is 5.52. The van der Waals surface area contributed by atoms with Crippen LogP contribution in [-0.2, 0) is 6.42 Å². The van der Waals surface area contributed by atoms with Crippen LogP contribution >= 0.6 is 12.2 Å². The molecule has 1 aliphatic rings. The van der Waals surface area contributed by atoms with Crippen LogP contribution in [0.3, 0.4) is 0 Å².